The molecule has 6 heteroatoms. The number of ether oxygens (including phenoxy) is 2. The van der Waals surface area contributed by atoms with E-state index in [1.807, 2.05) is 24.3 Å². The fraction of sp³-hybridized carbons (Fsp3) is 0.250. The molecule has 2 aromatic carbocycles. The molecule has 2 aromatic rings. The van der Waals surface area contributed by atoms with Gasteiger partial charge in [-0.25, -0.2) is 0 Å². The Morgan fingerprint density at radius 2 is 2.14 bits per heavy atom. The van der Waals surface area contributed by atoms with Crippen molar-refractivity contribution < 1.29 is 14.4 Å². The number of hydrogen-bond donors (Lipinski definition) is 1. The van der Waals surface area contributed by atoms with Gasteiger partial charge in [-0.15, -0.1) is 0 Å². The molecule has 0 saturated heterocycles. The van der Waals surface area contributed by atoms with Crippen LogP contribution in [0.25, 0.3) is 0 Å². The lowest BCUT2D eigenvalue weighted by atomic mass is 9.97. The summed E-state index contributed by atoms with van der Waals surface area (Å²) in [6.45, 7) is 0. The molecule has 0 aromatic heterocycles. The minimum atomic E-state index is -0.512. The van der Waals surface area contributed by atoms with Crippen molar-refractivity contribution in [2.75, 3.05) is 7.11 Å². The van der Waals surface area contributed by atoms with E-state index in [1.165, 1.54) is 19.2 Å². The molecule has 0 saturated carbocycles. The molecule has 2 unspecified atom stereocenters. The first-order valence-electron chi connectivity index (χ1n) is 6.92. The topological polar surface area (TPSA) is 87.6 Å². The van der Waals surface area contributed by atoms with Gasteiger partial charge in [-0.05, 0) is 17.7 Å². The Balaban J connectivity index is 1.91. The Kier molecular flexibility index (Phi) is 3.68. The molecular formula is C16H16N2O4. The van der Waals surface area contributed by atoms with E-state index in [1.54, 1.807) is 6.07 Å². The number of para-hydroxylation sites is 1. The first kappa shape index (κ1) is 14.3. The van der Waals surface area contributed by atoms with Gasteiger partial charge in [0.2, 0.25) is 0 Å². The van der Waals surface area contributed by atoms with Gasteiger partial charge < -0.3 is 15.2 Å². The highest BCUT2D eigenvalue weighted by atomic mass is 16.6. The molecule has 2 atom stereocenters. The van der Waals surface area contributed by atoms with Crippen molar-refractivity contribution in [3.63, 3.8) is 0 Å². The van der Waals surface area contributed by atoms with Crippen molar-refractivity contribution in [2.24, 2.45) is 5.73 Å². The van der Waals surface area contributed by atoms with E-state index in [4.69, 9.17) is 15.2 Å². The Morgan fingerprint density at radius 3 is 2.82 bits per heavy atom. The average molecular weight is 300 g/mol. The highest BCUT2D eigenvalue weighted by Crippen LogP contribution is 2.36. The van der Waals surface area contributed by atoms with Gasteiger partial charge in [0, 0.05) is 24.1 Å². The van der Waals surface area contributed by atoms with Crippen LogP contribution >= 0.6 is 0 Å². The highest BCUT2D eigenvalue weighted by molar-refractivity contribution is 5.47. The predicted octanol–water partition coefficient (Wildman–Crippen LogP) is 2.61. The van der Waals surface area contributed by atoms with Crippen molar-refractivity contribution >= 4 is 5.69 Å². The van der Waals surface area contributed by atoms with Crippen LogP contribution in [0.4, 0.5) is 5.69 Å². The van der Waals surface area contributed by atoms with Crippen molar-refractivity contribution in [1.29, 1.82) is 0 Å². The zero-order valence-electron chi connectivity index (χ0n) is 12.1. The zero-order chi connectivity index (χ0) is 15.7. The SMILES string of the molecule is COc1ccc([N+](=O)[O-])cc1C(N)C1Cc2ccccc2O1. The lowest BCUT2D eigenvalue weighted by molar-refractivity contribution is -0.385. The lowest BCUT2D eigenvalue weighted by Crippen LogP contribution is -2.30. The summed E-state index contributed by atoms with van der Waals surface area (Å²) < 4.78 is 11.2. The van der Waals surface area contributed by atoms with Crippen LogP contribution in [0.2, 0.25) is 0 Å². The van der Waals surface area contributed by atoms with Crippen LogP contribution in [0, 0.1) is 10.1 Å². The normalized spacial score (nSPS) is 17.5. The number of nitro benzene ring substituents is 1. The molecule has 3 rings (SSSR count). The molecule has 0 spiro atoms. The number of methoxy groups -OCH3 is 1. The molecule has 1 heterocycles. The van der Waals surface area contributed by atoms with Gasteiger partial charge in [0.15, 0.2) is 0 Å². The van der Waals surface area contributed by atoms with Gasteiger partial charge >= 0.3 is 0 Å². The Hall–Kier alpha value is -2.60. The third-order valence-electron chi connectivity index (χ3n) is 3.86. The van der Waals surface area contributed by atoms with E-state index in [0.29, 0.717) is 17.7 Å². The van der Waals surface area contributed by atoms with Crippen LogP contribution in [-0.4, -0.2) is 18.1 Å². The van der Waals surface area contributed by atoms with Crippen LogP contribution in [0.5, 0.6) is 11.5 Å². The summed E-state index contributed by atoms with van der Waals surface area (Å²) >= 11 is 0. The van der Waals surface area contributed by atoms with Crippen molar-refractivity contribution in [1.82, 2.24) is 0 Å². The van der Waals surface area contributed by atoms with Crippen LogP contribution < -0.4 is 15.2 Å². The number of non-ortho nitro benzene ring substituents is 1. The van der Waals surface area contributed by atoms with Gasteiger partial charge in [0.25, 0.3) is 5.69 Å². The quantitative estimate of drug-likeness (QED) is 0.692. The monoisotopic (exact) mass is 300 g/mol. The molecule has 0 fully saturated rings. The largest absolute Gasteiger partial charge is 0.496 e. The Bertz CT molecular complexity index is 692. The summed E-state index contributed by atoms with van der Waals surface area (Å²) in [5.74, 6) is 1.34. The second-order valence-corrected chi connectivity index (χ2v) is 5.18. The van der Waals surface area contributed by atoms with Gasteiger partial charge in [-0.2, -0.15) is 0 Å². The summed E-state index contributed by atoms with van der Waals surface area (Å²) in [7, 11) is 1.52. The van der Waals surface area contributed by atoms with Gasteiger partial charge in [0.05, 0.1) is 18.1 Å². The third-order valence-corrected chi connectivity index (χ3v) is 3.86. The minimum Gasteiger partial charge on any atom is -0.496 e. The predicted molar refractivity (Wildman–Crippen MR) is 81.1 cm³/mol. The van der Waals surface area contributed by atoms with Crippen LogP contribution in [-0.2, 0) is 6.42 Å². The standard InChI is InChI=1S/C16H16N2O4/c1-21-14-7-6-11(18(19)20)9-12(14)16(17)15-8-10-4-2-3-5-13(10)22-15/h2-7,9,15-16H,8,17H2,1H3. The van der Waals surface area contributed by atoms with E-state index in [-0.39, 0.29) is 11.8 Å². The second-order valence-electron chi connectivity index (χ2n) is 5.18. The second kappa shape index (κ2) is 5.65. The van der Waals surface area contributed by atoms with Crippen molar-refractivity contribution in [3.05, 3.63) is 63.7 Å². The van der Waals surface area contributed by atoms with Crippen molar-refractivity contribution in [3.8, 4) is 11.5 Å². The number of nitrogens with two attached hydrogens (primary N) is 1. The molecule has 0 aliphatic carbocycles. The van der Waals surface area contributed by atoms with Gasteiger partial charge in [-0.1, -0.05) is 18.2 Å². The number of fused-ring (bicyclic) bond motifs is 1. The molecule has 0 radical (unpaired) electrons. The van der Waals surface area contributed by atoms with E-state index in [0.717, 1.165) is 11.3 Å². The summed E-state index contributed by atoms with van der Waals surface area (Å²) in [5, 5.41) is 11.0. The number of nitro groups is 1. The van der Waals surface area contributed by atoms with Gasteiger partial charge in [-0.3, -0.25) is 10.1 Å². The fourth-order valence-electron chi connectivity index (χ4n) is 2.71. The summed E-state index contributed by atoms with van der Waals surface area (Å²) in [4.78, 5) is 10.5. The number of benzene rings is 2. The molecule has 1 aliphatic rings. The van der Waals surface area contributed by atoms with E-state index >= 15 is 0 Å². The van der Waals surface area contributed by atoms with E-state index in [2.05, 4.69) is 0 Å². The Labute approximate surface area is 127 Å². The number of nitrogens with zero attached hydrogens (tertiary/aromatic N) is 1. The third kappa shape index (κ3) is 2.48. The molecule has 22 heavy (non-hydrogen) atoms. The molecular weight excluding hydrogens is 284 g/mol. The maximum Gasteiger partial charge on any atom is 0.270 e. The van der Waals surface area contributed by atoms with Crippen LogP contribution in [0.3, 0.4) is 0 Å². The molecule has 1 aliphatic heterocycles. The van der Waals surface area contributed by atoms with Gasteiger partial charge in [0.1, 0.15) is 17.6 Å². The van der Waals surface area contributed by atoms with Crippen LogP contribution in [0.1, 0.15) is 17.2 Å². The maximum absolute atomic E-state index is 11.0. The first-order valence-corrected chi connectivity index (χ1v) is 6.92. The lowest BCUT2D eigenvalue weighted by Gasteiger charge is -2.21. The maximum atomic E-state index is 11.0. The Morgan fingerprint density at radius 1 is 1.36 bits per heavy atom. The fourth-order valence-corrected chi connectivity index (χ4v) is 2.71. The summed E-state index contributed by atoms with van der Waals surface area (Å²) in [6, 6.07) is 11.6. The molecule has 0 bridgehead atoms. The first-order chi connectivity index (χ1) is 10.6. The molecule has 2 N–H and O–H groups in total. The summed E-state index contributed by atoms with van der Waals surface area (Å²) in [6.07, 6.45) is 0.400. The average Bonchev–Trinajstić information content (AvgIpc) is 2.97. The minimum absolute atomic E-state index is 0.0123. The highest BCUT2D eigenvalue weighted by Gasteiger charge is 2.31. The smallest absolute Gasteiger partial charge is 0.270 e. The van der Waals surface area contributed by atoms with E-state index in [9.17, 15) is 10.1 Å². The molecule has 0 amide bonds. The van der Waals surface area contributed by atoms with E-state index < -0.39 is 11.0 Å². The summed E-state index contributed by atoms with van der Waals surface area (Å²) in [5.41, 5.74) is 7.95. The van der Waals surface area contributed by atoms with Crippen LogP contribution in [0.15, 0.2) is 42.5 Å². The molecule has 6 nitrogen and oxygen atoms in total. The molecule has 114 valence electrons. The number of rotatable bonds is 4. The zero-order valence-corrected chi connectivity index (χ0v) is 12.1. The number of hydrogen-bond acceptors (Lipinski definition) is 5. The van der Waals surface area contributed by atoms with Crippen molar-refractivity contribution in [2.45, 2.75) is 18.6 Å².